The maximum Gasteiger partial charge on any atom is 0.257 e. The normalized spacial score (nSPS) is 15.6. The van der Waals surface area contributed by atoms with E-state index < -0.39 is 0 Å². The minimum Gasteiger partial charge on any atom is -0.507 e. The lowest BCUT2D eigenvalue weighted by Gasteiger charge is -2.34. The molecule has 7 heteroatoms. The maximum absolute atomic E-state index is 12.5. The molecule has 0 radical (unpaired) electrons. The third-order valence-electron chi connectivity index (χ3n) is 4.06. The van der Waals surface area contributed by atoms with Crippen molar-refractivity contribution in [2.75, 3.05) is 31.1 Å². The van der Waals surface area contributed by atoms with E-state index in [1.165, 1.54) is 11.5 Å². The lowest BCUT2D eigenvalue weighted by molar-refractivity contribution is 0.0743. The molecule has 0 bridgehead atoms. The van der Waals surface area contributed by atoms with Crippen LogP contribution < -0.4 is 4.90 Å². The molecular weight excluding hydrogens is 324 g/mol. The first-order valence-corrected chi connectivity index (χ1v) is 8.80. The molecule has 1 aliphatic heterocycles. The van der Waals surface area contributed by atoms with E-state index in [-0.39, 0.29) is 17.1 Å². The molecule has 24 heavy (non-hydrogen) atoms. The van der Waals surface area contributed by atoms with Gasteiger partial charge in [0.2, 0.25) is 5.13 Å². The number of benzene rings is 1. The predicted octanol–water partition coefficient (Wildman–Crippen LogP) is 2.50. The van der Waals surface area contributed by atoms with E-state index in [0.29, 0.717) is 18.7 Å². The summed E-state index contributed by atoms with van der Waals surface area (Å²) in [6, 6.07) is 6.67. The lowest BCUT2D eigenvalue weighted by atomic mass is 9.96. The zero-order valence-electron chi connectivity index (χ0n) is 14.2. The smallest absolute Gasteiger partial charge is 0.257 e. The number of phenolic OH excluding ortho intramolecular Hbond substituents is 1. The Kier molecular flexibility index (Phi) is 4.45. The predicted molar refractivity (Wildman–Crippen MR) is 94.8 cm³/mol. The number of amides is 1. The van der Waals surface area contributed by atoms with Crippen LogP contribution in [0.4, 0.5) is 5.13 Å². The number of carbonyl (C=O) groups excluding carboxylic acids is 1. The van der Waals surface area contributed by atoms with Crippen molar-refractivity contribution < 1.29 is 9.90 Å². The van der Waals surface area contributed by atoms with Crippen LogP contribution in [0.2, 0.25) is 0 Å². The first-order valence-electron chi connectivity index (χ1n) is 8.02. The summed E-state index contributed by atoms with van der Waals surface area (Å²) >= 11 is 1.41. The van der Waals surface area contributed by atoms with Crippen molar-refractivity contribution in [1.82, 2.24) is 14.3 Å². The Morgan fingerprint density at radius 3 is 2.42 bits per heavy atom. The zero-order valence-corrected chi connectivity index (χ0v) is 15.0. The Hall–Kier alpha value is -2.15. The number of nitrogens with zero attached hydrogens (tertiary/aromatic N) is 4. The molecule has 1 N–H and O–H groups in total. The van der Waals surface area contributed by atoms with Crippen LogP contribution in [0.3, 0.4) is 0 Å². The van der Waals surface area contributed by atoms with Gasteiger partial charge in [-0.3, -0.25) is 4.79 Å². The SMILES string of the molecule is CC(C)(C)c1nsc(N2CCN(C(=O)c3ccccc3O)CC2)n1. The van der Waals surface area contributed by atoms with Gasteiger partial charge in [0.15, 0.2) is 0 Å². The molecule has 2 heterocycles. The fourth-order valence-corrected chi connectivity index (χ4v) is 3.48. The van der Waals surface area contributed by atoms with Crippen molar-refractivity contribution in [2.24, 2.45) is 0 Å². The second-order valence-electron chi connectivity index (χ2n) is 6.95. The molecule has 2 aromatic rings. The van der Waals surface area contributed by atoms with E-state index in [9.17, 15) is 9.90 Å². The van der Waals surface area contributed by atoms with Crippen LogP contribution in [-0.2, 0) is 5.41 Å². The van der Waals surface area contributed by atoms with E-state index in [1.54, 1.807) is 29.2 Å². The Morgan fingerprint density at radius 2 is 1.83 bits per heavy atom. The first kappa shape index (κ1) is 16.7. The van der Waals surface area contributed by atoms with Crippen LogP contribution in [0.25, 0.3) is 0 Å². The topological polar surface area (TPSA) is 69.6 Å². The number of anilines is 1. The van der Waals surface area contributed by atoms with Crippen molar-refractivity contribution in [1.29, 1.82) is 0 Å². The van der Waals surface area contributed by atoms with Crippen LogP contribution in [0, 0.1) is 0 Å². The fraction of sp³-hybridized carbons (Fsp3) is 0.471. The van der Waals surface area contributed by atoms with Gasteiger partial charge in [-0.2, -0.15) is 4.37 Å². The van der Waals surface area contributed by atoms with Crippen molar-refractivity contribution in [3.63, 3.8) is 0 Å². The van der Waals surface area contributed by atoms with E-state index >= 15 is 0 Å². The Morgan fingerprint density at radius 1 is 1.17 bits per heavy atom. The molecule has 1 aliphatic rings. The van der Waals surface area contributed by atoms with E-state index in [2.05, 4.69) is 35.0 Å². The monoisotopic (exact) mass is 346 g/mol. The molecule has 1 saturated heterocycles. The molecular formula is C17H22N4O2S. The highest BCUT2D eigenvalue weighted by Crippen LogP contribution is 2.26. The largest absolute Gasteiger partial charge is 0.507 e. The molecule has 1 aromatic heterocycles. The van der Waals surface area contributed by atoms with Crippen molar-refractivity contribution in [3.05, 3.63) is 35.7 Å². The van der Waals surface area contributed by atoms with E-state index in [1.807, 2.05) is 0 Å². The van der Waals surface area contributed by atoms with E-state index in [0.717, 1.165) is 24.0 Å². The summed E-state index contributed by atoms with van der Waals surface area (Å²) in [5, 5.41) is 10.8. The summed E-state index contributed by atoms with van der Waals surface area (Å²) in [4.78, 5) is 21.1. The molecule has 1 aromatic carbocycles. The summed E-state index contributed by atoms with van der Waals surface area (Å²) < 4.78 is 4.45. The molecule has 3 rings (SSSR count). The third-order valence-corrected chi connectivity index (χ3v) is 4.83. The molecule has 1 amide bonds. The van der Waals surface area contributed by atoms with Gasteiger partial charge < -0.3 is 14.9 Å². The number of aromatic hydroxyl groups is 1. The molecule has 0 aliphatic carbocycles. The Labute approximate surface area is 145 Å². The van der Waals surface area contributed by atoms with Crippen molar-refractivity contribution in [2.45, 2.75) is 26.2 Å². The molecule has 0 saturated carbocycles. The lowest BCUT2D eigenvalue weighted by Crippen LogP contribution is -2.48. The van der Waals surface area contributed by atoms with Crippen LogP contribution in [0.5, 0.6) is 5.75 Å². The molecule has 0 unspecified atom stereocenters. The van der Waals surface area contributed by atoms with Crippen LogP contribution in [-0.4, -0.2) is 51.5 Å². The number of carbonyl (C=O) groups is 1. The van der Waals surface area contributed by atoms with Crippen molar-refractivity contribution >= 4 is 22.6 Å². The van der Waals surface area contributed by atoms with Gasteiger partial charge >= 0.3 is 0 Å². The standard InChI is InChI=1S/C17H22N4O2S/c1-17(2,3)15-18-16(24-19-15)21-10-8-20(9-11-21)14(23)12-6-4-5-7-13(12)22/h4-7,22H,8-11H2,1-3H3. The number of rotatable bonds is 2. The van der Waals surface area contributed by atoms with Gasteiger partial charge in [-0.25, -0.2) is 4.98 Å². The van der Waals surface area contributed by atoms with Crippen LogP contribution >= 0.6 is 11.5 Å². The maximum atomic E-state index is 12.5. The third kappa shape index (κ3) is 3.36. The molecule has 0 spiro atoms. The van der Waals surface area contributed by atoms with E-state index in [4.69, 9.17) is 0 Å². The van der Waals surface area contributed by atoms with Gasteiger partial charge in [0.25, 0.3) is 5.91 Å². The minimum atomic E-state index is -0.125. The molecule has 128 valence electrons. The Balaban J connectivity index is 1.65. The van der Waals surface area contributed by atoms with Crippen molar-refractivity contribution in [3.8, 4) is 5.75 Å². The molecule has 6 nitrogen and oxygen atoms in total. The average Bonchev–Trinajstić information content (AvgIpc) is 3.05. The van der Waals surface area contributed by atoms with Gasteiger partial charge in [0.1, 0.15) is 11.6 Å². The highest BCUT2D eigenvalue weighted by molar-refractivity contribution is 7.09. The number of phenols is 1. The summed E-state index contributed by atoms with van der Waals surface area (Å²) in [5.74, 6) is 0.763. The van der Waals surface area contributed by atoms with Gasteiger partial charge in [0.05, 0.1) is 5.56 Å². The summed E-state index contributed by atoms with van der Waals surface area (Å²) in [6.07, 6.45) is 0. The average molecular weight is 346 g/mol. The molecule has 1 fully saturated rings. The summed E-state index contributed by atoms with van der Waals surface area (Å²) in [6.45, 7) is 8.96. The van der Waals surface area contributed by atoms with Gasteiger partial charge in [-0.1, -0.05) is 32.9 Å². The molecule has 0 atom stereocenters. The minimum absolute atomic E-state index is 0.0314. The highest BCUT2D eigenvalue weighted by atomic mass is 32.1. The second-order valence-corrected chi connectivity index (χ2v) is 7.68. The number of hydrogen-bond acceptors (Lipinski definition) is 6. The van der Waals surface area contributed by atoms with Gasteiger partial charge in [-0.15, -0.1) is 0 Å². The van der Waals surface area contributed by atoms with Crippen LogP contribution in [0.15, 0.2) is 24.3 Å². The number of hydrogen-bond donors (Lipinski definition) is 1. The van der Waals surface area contributed by atoms with Gasteiger partial charge in [-0.05, 0) is 12.1 Å². The second kappa shape index (κ2) is 6.39. The summed E-state index contributed by atoms with van der Waals surface area (Å²) in [5.41, 5.74) is 0.300. The highest BCUT2D eigenvalue weighted by Gasteiger charge is 2.27. The quantitative estimate of drug-likeness (QED) is 0.905. The fourth-order valence-electron chi connectivity index (χ4n) is 2.57. The number of aromatic nitrogens is 2. The Bertz CT molecular complexity index is 730. The number of para-hydroxylation sites is 1. The number of piperazine rings is 1. The zero-order chi connectivity index (χ0) is 17.3. The first-order chi connectivity index (χ1) is 11.4. The van der Waals surface area contributed by atoms with Gasteiger partial charge in [0, 0.05) is 43.1 Å². The summed E-state index contributed by atoms with van der Waals surface area (Å²) in [7, 11) is 0. The van der Waals surface area contributed by atoms with Crippen LogP contribution in [0.1, 0.15) is 37.0 Å².